The predicted molar refractivity (Wildman–Crippen MR) is 56.0 cm³/mol. The summed E-state index contributed by atoms with van der Waals surface area (Å²) in [7, 11) is 0. The second kappa shape index (κ2) is 4.11. The van der Waals surface area contributed by atoms with Gasteiger partial charge in [-0.25, -0.2) is 0 Å². The molecular formula is C11H13NO4. The van der Waals surface area contributed by atoms with E-state index >= 15 is 0 Å². The van der Waals surface area contributed by atoms with Crippen LogP contribution in [-0.4, -0.2) is 51.4 Å². The van der Waals surface area contributed by atoms with Gasteiger partial charge in [0.2, 0.25) is 0 Å². The fraction of sp³-hybridized carbons (Fsp3) is 0.364. The van der Waals surface area contributed by atoms with Crippen LogP contribution in [0.5, 0.6) is 5.75 Å². The van der Waals surface area contributed by atoms with Gasteiger partial charge in [-0.3, -0.25) is 4.79 Å². The van der Waals surface area contributed by atoms with Gasteiger partial charge in [-0.15, -0.1) is 0 Å². The third-order valence-electron chi connectivity index (χ3n) is 2.66. The Morgan fingerprint density at radius 1 is 1.12 bits per heavy atom. The molecule has 16 heavy (non-hydrogen) atoms. The summed E-state index contributed by atoms with van der Waals surface area (Å²) in [5.41, 5.74) is 0.430. The highest BCUT2D eigenvalue weighted by Gasteiger charge is 2.32. The summed E-state index contributed by atoms with van der Waals surface area (Å²) in [5, 5.41) is 27.7. The number of nitrogens with zero attached hydrogens (tertiary/aromatic N) is 1. The van der Waals surface area contributed by atoms with Crippen molar-refractivity contribution in [3.8, 4) is 5.75 Å². The van der Waals surface area contributed by atoms with E-state index in [9.17, 15) is 15.0 Å². The largest absolute Gasteiger partial charge is 0.508 e. The maximum atomic E-state index is 11.9. The first kappa shape index (κ1) is 10.9. The lowest BCUT2D eigenvalue weighted by Crippen LogP contribution is -2.29. The van der Waals surface area contributed by atoms with E-state index in [1.54, 1.807) is 0 Å². The zero-order chi connectivity index (χ0) is 11.7. The number of β-amino-alcohol motifs (C(OH)–C–C–N with tert-alkyl or cyclic N) is 2. The molecule has 1 fully saturated rings. The van der Waals surface area contributed by atoms with E-state index < -0.39 is 12.2 Å². The molecule has 86 valence electrons. The lowest BCUT2D eigenvalue weighted by atomic mass is 10.2. The molecule has 0 spiro atoms. The first-order chi connectivity index (χ1) is 7.58. The normalized spacial score (nSPS) is 24.8. The first-order valence-electron chi connectivity index (χ1n) is 5.02. The van der Waals surface area contributed by atoms with Gasteiger partial charge in [-0.2, -0.15) is 0 Å². The minimum atomic E-state index is -0.874. The van der Waals surface area contributed by atoms with Gasteiger partial charge >= 0.3 is 0 Å². The molecule has 2 atom stereocenters. The second-order valence-electron chi connectivity index (χ2n) is 3.89. The van der Waals surface area contributed by atoms with E-state index in [1.165, 1.54) is 29.2 Å². The Hall–Kier alpha value is -1.59. The van der Waals surface area contributed by atoms with Gasteiger partial charge < -0.3 is 20.2 Å². The minimum Gasteiger partial charge on any atom is -0.508 e. The number of carbonyl (C=O) groups is 1. The van der Waals surface area contributed by atoms with E-state index in [1.807, 2.05) is 0 Å². The number of hydrogen-bond acceptors (Lipinski definition) is 4. The van der Waals surface area contributed by atoms with Crippen LogP contribution < -0.4 is 0 Å². The van der Waals surface area contributed by atoms with Crippen molar-refractivity contribution < 1.29 is 20.1 Å². The number of rotatable bonds is 1. The number of hydrogen-bond donors (Lipinski definition) is 3. The van der Waals surface area contributed by atoms with Crippen LogP contribution in [0.15, 0.2) is 24.3 Å². The highest BCUT2D eigenvalue weighted by molar-refractivity contribution is 5.94. The Bertz CT molecular complexity index is 379. The Labute approximate surface area is 92.6 Å². The molecule has 5 nitrogen and oxygen atoms in total. The smallest absolute Gasteiger partial charge is 0.254 e. The van der Waals surface area contributed by atoms with Crippen LogP contribution in [0.4, 0.5) is 0 Å². The summed E-state index contributed by atoms with van der Waals surface area (Å²) in [6, 6.07) is 5.87. The van der Waals surface area contributed by atoms with Gasteiger partial charge in [0.15, 0.2) is 0 Å². The summed E-state index contributed by atoms with van der Waals surface area (Å²) in [4.78, 5) is 13.3. The number of amides is 1. The van der Waals surface area contributed by atoms with Crippen molar-refractivity contribution in [1.29, 1.82) is 0 Å². The summed E-state index contributed by atoms with van der Waals surface area (Å²) >= 11 is 0. The lowest BCUT2D eigenvalue weighted by Gasteiger charge is -2.15. The first-order valence-corrected chi connectivity index (χ1v) is 5.02. The van der Waals surface area contributed by atoms with Crippen LogP contribution in [0.2, 0.25) is 0 Å². The molecule has 1 heterocycles. The molecule has 1 aromatic carbocycles. The molecule has 1 amide bonds. The zero-order valence-electron chi connectivity index (χ0n) is 8.58. The molecule has 0 unspecified atom stereocenters. The van der Waals surface area contributed by atoms with Gasteiger partial charge in [0.25, 0.3) is 5.91 Å². The highest BCUT2D eigenvalue weighted by Crippen LogP contribution is 2.16. The quantitative estimate of drug-likeness (QED) is 0.603. The van der Waals surface area contributed by atoms with Gasteiger partial charge in [0.05, 0.1) is 12.2 Å². The number of aliphatic hydroxyl groups is 2. The van der Waals surface area contributed by atoms with Crippen molar-refractivity contribution >= 4 is 5.91 Å². The van der Waals surface area contributed by atoms with Crippen molar-refractivity contribution in [2.75, 3.05) is 13.1 Å². The second-order valence-corrected chi connectivity index (χ2v) is 3.89. The Kier molecular flexibility index (Phi) is 2.80. The molecule has 1 aliphatic rings. The fourth-order valence-electron chi connectivity index (χ4n) is 1.72. The molecule has 0 bridgehead atoms. The molecule has 0 saturated carbocycles. The predicted octanol–water partition coefficient (Wildman–Crippen LogP) is -0.430. The third-order valence-corrected chi connectivity index (χ3v) is 2.66. The van der Waals surface area contributed by atoms with Crippen molar-refractivity contribution in [2.45, 2.75) is 12.2 Å². The molecular weight excluding hydrogens is 210 g/mol. The SMILES string of the molecule is O=C(c1ccc(O)cc1)N1C[C@@H](O)[C@@H](O)C1. The minimum absolute atomic E-state index is 0.0954. The topological polar surface area (TPSA) is 81.0 Å². The van der Waals surface area contributed by atoms with Gasteiger partial charge in [0.1, 0.15) is 5.75 Å². The zero-order valence-corrected chi connectivity index (χ0v) is 8.58. The Morgan fingerprint density at radius 3 is 2.12 bits per heavy atom. The molecule has 0 aromatic heterocycles. The Morgan fingerprint density at radius 2 is 1.62 bits per heavy atom. The van der Waals surface area contributed by atoms with E-state index in [-0.39, 0.29) is 24.7 Å². The molecule has 1 aliphatic heterocycles. The van der Waals surface area contributed by atoms with E-state index in [4.69, 9.17) is 5.11 Å². The molecule has 1 saturated heterocycles. The molecule has 0 aliphatic carbocycles. The molecule has 3 N–H and O–H groups in total. The monoisotopic (exact) mass is 223 g/mol. The van der Waals surface area contributed by atoms with Gasteiger partial charge in [-0.1, -0.05) is 0 Å². The summed E-state index contributed by atoms with van der Waals surface area (Å²) in [5.74, 6) is -0.159. The van der Waals surface area contributed by atoms with Crippen LogP contribution in [0.1, 0.15) is 10.4 Å². The number of carbonyl (C=O) groups excluding carboxylic acids is 1. The van der Waals surface area contributed by atoms with Crippen LogP contribution in [0.3, 0.4) is 0 Å². The van der Waals surface area contributed by atoms with Crippen molar-refractivity contribution in [3.63, 3.8) is 0 Å². The van der Waals surface area contributed by atoms with Crippen LogP contribution in [0.25, 0.3) is 0 Å². The lowest BCUT2D eigenvalue weighted by molar-refractivity contribution is 0.0572. The standard InChI is InChI=1S/C11H13NO4/c13-8-3-1-7(2-4-8)11(16)12-5-9(14)10(15)6-12/h1-4,9-10,13-15H,5-6H2/t9-,10+. The van der Waals surface area contributed by atoms with Crippen molar-refractivity contribution in [1.82, 2.24) is 4.90 Å². The summed E-state index contributed by atoms with van der Waals surface area (Å²) < 4.78 is 0. The number of likely N-dealkylation sites (tertiary alicyclic amines) is 1. The van der Waals surface area contributed by atoms with Gasteiger partial charge in [-0.05, 0) is 24.3 Å². The highest BCUT2D eigenvalue weighted by atomic mass is 16.3. The van der Waals surface area contributed by atoms with Crippen molar-refractivity contribution in [2.24, 2.45) is 0 Å². The summed E-state index contributed by atoms with van der Waals surface area (Å²) in [6.45, 7) is 0.280. The van der Waals surface area contributed by atoms with Crippen LogP contribution in [0, 0.1) is 0 Å². The van der Waals surface area contributed by atoms with E-state index in [2.05, 4.69) is 0 Å². The third kappa shape index (κ3) is 2.00. The van der Waals surface area contributed by atoms with Gasteiger partial charge in [0, 0.05) is 18.7 Å². The van der Waals surface area contributed by atoms with E-state index in [0.717, 1.165) is 0 Å². The number of benzene rings is 1. The average molecular weight is 223 g/mol. The fourth-order valence-corrected chi connectivity index (χ4v) is 1.72. The van der Waals surface area contributed by atoms with Crippen LogP contribution >= 0.6 is 0 Å². The maximum Gasteiger partial charge on any atom is 0.254 e. The van der Waals surface area contributed by atoms with Crippen LogP contribution in [-0.2, 0) is 0 Å². The summed E-state index contributed by atoms with van der Waals surface area (Å²) in [6.07, 6.45) is -1.75. The number of phenolic OH excluding ortho intramolecular Hbond substituents is 1. The van der Waals surface area contributed by atoms with E-state index in [0.29, 0.717) is 5.56 Å². The molecule has 1 aromatic rings. The number of aromatic hydroxyl groups is 1. The Balaban J connectivity index is 2.11. The number of aliphatic hydroxyl groups excluding tert-OH is 2. The molecule has 0 radical (unpaired) electrons. The average Bonchev–Trinajstić information content (AvgIpc) is 2.59. The molecule has 2 rings (SSSR count). The number of phenols is 1. The molecule has 5 heteroatoms. The van der Waals surface area contributed by atoms with Crippen molar-refractivity contribution in [3.05, 3.63) is 29.8 Å². The maximum absolute atomic E-state index is 11.9.